The van der Waals surface area contributed by atoms with Crippen LogP contribution in [-0.2, 0) is 0 Å². The molecule has 0 saturated heterocycles. The van der Waals surface area contributed by atoms with E-state index in [1.807, 2.05) is 0 Å². The molecule has 0 radical (unpaired) electrons. The number of rotatable bonds is 0. The molecule has 13 heavy (non-hydrogen) atoms. The van der Waals surface area contributed by atoms with Gasteiger partial charge in [-0.2, -0.15) is 0 Å². The van der Waals surface area contributed by atoms with E-state index in [4.69, 9.17) is 0 Å². The molecule has 0 aromatic carbocycles. The average molecular weight is 178 g/mol. The van der Waals surface area contributed by atoms with E-state index in [0.29, 0.717) is 16.7 Å². The van der Waals surface area contributed by atoms with Crippen LogP contribution in [0.25, 0.3) is 0 Å². The summed E-state index contributed by atoms with van der Waals surface area (Å²) in [7, 11) is 0. The van der Waals surface area contributed by atoms with Crippen molar-refractivity contribution in [1.29, 1.82) is 0 Å². The molecule has 0 saturated carbocycles. The van der Waals surface area contributed by atoms with Crippen LogP contribution in [0.5, 0.6) is 0 Å². The SMILES string of the molecule is CC(C)(C)C1=C[C@H](C(C)(C)C)C=C1. The first-order valence-electron chi connectivity index (χ1n) is 5.12. The highest BCUT2D eigenvalue weighted by atomic mass is 14.3. The van der Waals surface area contributed by atoms with Gasteiger partial charge >= 0.3 is 0 Å². The van der Waals surface area contributed by atoms with Crippen molar-refractivity contribution < 1.29 is 0 Å². The van der Waals surface area contributed by atoms with Crippen LogP contribution >= 0.6 is 0 Å². The molecule has 0 fully saturated rings. The molecule has 0 aliphatic heterocycles. The van der Waals surface area contributed by atoms with E-state index < -0.39 is 0 Å². The van der Waals surface area contributed by atoms with Crippen LogP contribution in [0.15, 0.2) is 23.8 Å². The first-order chi connectivity index (χ1) is 5.71. The van der Waals surface area contributed by atoms with Gasteiger partial charge in [0.1, 0.15) is 0 Å². The summed E-state index contributed by atoms with van der Waals surface area (Å²) in [5, 5.41) is 0. The van der Waals surface area contributed by atoms with Gasteiger partial charge in [0.25, 0.3) is 0 Å². The summed E-state index contributed by atoms with van der Waals surface area (Å²) < 4.78 is 0. The van der Waals surface area contributed by atoms with Gasteiger partial charge in [0.05, 0.1) is 0 Å². The molecule has 0 aromatic rings. The molecular formula is C13H22. The molecule has 0 spiro atoms. The second-order valence-electron chi connectivity index (χ2n) is 6.12. The molecule has 1 atom stereocenters. The van der Waals surface area contributed by atoms with Crippen LogP contribution in [0.1, 0.15) is 41.5 Å². The Morgan fingerprint density at radius 1 is 1.00 bits per heavy atom. The minimum absolute atomic E-state index is 0.302. The van der Waals surface area contributed by atoms with Crippen LogP contribution in [0.2, 0.25) is 0 Å². The molecular weight excluding hydrogens is 156 g/mol. The van der Waals surface area contributed by atoms with E-state index in [0.717, 1.165) is 0 Å². The predicted octanol–water partition coefficient (Wildman–Crippen LogP) is 4.19. The van der Waals surface area contributed by atoms with Crippen molar-refractivity contribution in [2.75, 3.05) is 0 Å². The normalized spacial score (nSPS) is 23.5. The zero-order valence-electron chi connectivity index (χ0n) is 9.81. The van der Waals surface area contributed by atoms with E-state index in [1.54, 1.807) is 0 Å². The first kappa shape index (κ1) is 10.6. The third-order valence-electron chi connectivity index (χ3n) is 2.71. The maximum absolute atomic E-state index is 2.42. The highest BCUT2D eigenvalue weighted by molar-refractivity contribution is 5.34. The summed E-state index contributed by atoms with van der Waals surface area (Å²) in [4.78, 5) is 0. The summed E-state index contributed by atoms with van der Waals surface area (Å²) in [6.07, 6.45) is 7.04. The Kier molecular flexibility index (Phi) is 2.44. The molecule has 0 N–H and O–H groups in total. The molecule has 0 heteroatoms. The topological polar surface area (TPSA) is 0 Å². The Balaban J connectivity index is 2.84. The lowest BCUT2D eigenvalue weighted by atomic mass is 9.80. The average Bonchev–Trinajstić information content (AvgIpc) is 2.28. The van der Waals surface area contributed by atoms with Gasteiger partial charge in [0.15, 0.2) is 0 Å². The minimum Gasteiger partial charge on any atom is -0.0768 e. The monoisotopic (exact) mass is 178 g/mol. The van der Waals surface area contributed by atoms with Crippen LogP contribution in [0.4, 0.5) is 0 Å². The van der Waals surface area contributed by atoms with E-state index in [2.05, 4.69) is 59.8 Å². The Hall–Kier alpha value is -0.520. The van der Waals surface area contributed by atoms with Gasteiger partial charge in [0.2, 0.25) is 0 Å². The lowest BCUT2D eigenvalue weighted by Gasteiger charge is -2.24. The zero-order chi connectivity index (χ0) is 10.3. The van der Waals surface area contributed by atoms with Crippen molar-refractivity contribution >= 4 is 0 Å². The van der Waals surface area contributed by atoms with Crippen LogP contribution in [0.3, 0.4) is 0 Å². The fourth-order valence-electron chi connectivity index (χ4n) is 1.55. The summed E-state index contributed by atoms with van der Waals surface area (Å²) in [5.41, 5.74) is 2.15. The molecule has 0 bridgehead atoms. The smallest absolute Gasteiger partial charge is 0.000437 e. The maximum Gasteiger partial charge on any atom is 0.000437 e. The van der Waals surface area contributed by atoms with Crippen molar-refractivity contribution in [2.45, 2.75) is 41.5 Å². The van der Waals surface area contributed by atoms with Gasteiger partial charge < -0.3 is 0 Å². The van der Waals surface area contributed by atoms with Gasteiger partial charge in [0, 0.05) is 5.92 Å². The summed E-state index contributed by atoms with van der Waals surface area (Å²) >= 11 is 0. The zero-order valence-corrected chi connectivity index (χ0v) is 9.81. The molecule has 0 aromatic heterocycles. The predicted molar refractivity (Wildman–Crippen MR) is 59.6 cm³/mol. The Labute approximate surface area is 82.7 Å². The number of hydrogen-bond acceptors (Lipinski definition) is 0. The third-order valence-corrected chi connectivity index (χ3v) is 2.71. The van der Waals surface area contributed by atoms with E-state index in [9.17, 15) is 0 Å². The van der Waals surface area contributed by atoms with Crippen molar-refractivity contribution in [2.24, 2.45) is 16.7 Å². The van der Waals surface area contributed by atoms with Crippen LogP contribution in [-0.4, -0.2) is 0 Å². The fraction of sp³-hybridized carbons (Fsp3) is 0.692. The number of allylic oxidation sites excluding steroid dienone is 4. The summed E-state index contributed by atoms with van der Waals surface area (Å²) in [6.45, 7) is 13.7. The van der Waals surface area contributed by atoms with Crippen LogP contribution < -0.4 is 0 Å². The van der Waals surface area contributed by atoms with Crippen LogP contribution in [0, 0.1) is 16.7 Å². The lowest BCUT2D eigenvalue weighted by Crippen LogP contribution is -2.15. The molecule has 1 aliphatic carbocycles. The van der Waals surface area contributed by atoms with Crippen molar-refractivity contribution in [3.8, 4) is 0 Å². The van der Waals surface area contributed by atoms with Crippen molar-refractivity contribution in [1.82, 2.24) is 0 Å². The molecule has 0 unspecified atom stereocenters. The highest BCUT2D eigenvalue weighted by Gasteiger charge is 2.26. The summed E-state index contributed by atoms with van der Waals surface area (Å²) in [5.74, 6) is 0.613. The second-order valence-corrected chi connectivity index (χ2v) is 6.12. The van der Waals surface area contributed by atoms with Crippen molar-refractivity contribution in [3.05, 3.63) is 23.8 Å². The second kappa shape index (κ2) is 3.01. The third kappa shape index (κ3) is 2.46. The molecule has 1 aliphatic rings. The van der Waals surface area contributed by atoms with Crippen molar-refractivity contribution in [3.63, 3.8) is 0 Å². The molecule has 0 amide bonds. The molecule has 74 valence electrons. The van der Waals surface area contributed by atoms with E-state index >= 15 is 0 Å². The van der Waals surface area contributed by atoms with Gasteiger partial charge in [-0.25, -0.2) is 0 Å². The van der Waals surface area contributed by atoms with E-state index in [-0.39, 0.29) is 0 Å². The molecule has 1 rings (SSSR count). The molecule has 0 heterocycles. The standard InChI is InChI=1S/C13H22/c1-12(2,3)10-7-8-11(9-10)13(4,5)6/h7-10H,1-6H3/t10-/m1/s1. The Bertz CT molecular complexity index is 240. The Morgan fingerprint density at radius 2 is 1.54 bits per heavy atom. The lowest BCUT2D eigenvalue weighted by molar-refractivity contribution is 0.344. The van der Waals surface area contributed by atoms with E-state index in [1.165, 1.54) is 5.57 Å². The highest BCUT2D eigenvalue weighted by Crippen LogP contribution is 2.38. The summed E-state index contributed by atoms with van der Waals surface area (Å²) in [6, 6.07) is 0. The maximum atomic E-state index is 2.42. The quantitative estimate of drug-likeness (QED) is 0.521. The van der Waals surface area contributed by atoms with Gasteiger partial charge in [-0.05, 0) is 16.4 Å². The van der Waals surface area contributed by atoms with Gasteiger partial charge in [-0.3, -0.25) is 0 Å². The molecule has 0 nitrogen and oxygen atoms in total. The largest absolute Gasteiger partial charge is 0.0768 e. The minimum atomic E-state index is 0.302. The van der Waals surface area contributed by atoms with Gasteiger partial charge in [-0.15, -0.1) is 0 Å². The number of hydrogen-bond donors (Lipinski definition) is 0. The Morgan fingerprint density at radius 3 is 1.77 bits per heavy atom. The fourth-order valence-corrected chi connectivity index (χ4v) is 1.55. The van der Waals surface area contributed by atoms with Gasteiger partial charge in [-0.1, -0.05) is 59.8 Å². The first-order valence-corrected chi connectivity index (χ1v) is 5.12.